The molecule has 0 spiro atoms. The van der Waals surface area contributed by atoms with Crippen molar-refractivity contribution < 1.29 is 4.39 Å². The van der Waals surface area contributed by atoms with Crippen LogP contribution in [0.5, 0.6) is 0 Å². The van der Waals surface area contributed by atoms with E-state index in [1.165, 1.54) is 10.9 Å². The van der Waals surface area contributed by atoms with Gasteiger partial charge in [-0.1, -0.05) is 25.1 Å². The van der Waals surface area contributed by atoms with Crippen LogP contribution in [0.1, 0.15) is 22.4 Å². The summed E-state index contributed by atoms with van der Waals surface area (Å²) in [6.07, 6.45) is 4.48. The van der Waals surface area contributed by atoms with Gasteiger partial charge in [0.25, 0.3) is 0 Å². The molecule has 0 saturated carbocycles. The molecule has 4 nitrogen and oxygen atoms in total. The molecular weight excluding hydrogens is 438 g/mol. The smallest absolute Gasteiger partial charge is 0.191 e. The predicted octanol–water partition coefficient (Wildman–Crippen LogP) is 3.41. The molecular formula is C17H24FIN4S. The van der Waals surface area contributed by atoms with Gasteiger partial charge in [0.15, 0.2) is 5.96 Å². The Labute approximate surface area is 164 Å². The third-order valence-corrected chi connectivity index (χ3v) is 4.65. The predicted molar refractivity (Wildman–Crippen MR) is 110 cm³/mol. The number of aliphatic imine (C=N–C) groups is 1. The third kappa shape index (κ3) is 6.72. The minimum absolute atomic E-state index is 0. The zero-order chi connectivity index (χ0) is 16.5. The van der Waals surface area contributed by atoms with E-state index < -0.39 is 0 Å². The molecule has 0 amide bonds. The number of aromatic nitrogens is 1. The van der Waals surface area contributed by atoms with Crippen molar-refractivity contribution in [2.45, 2.75) is 26.2 Å². The summed E-state index contributed by atoms with van der Waals surface area (Å²) in [5.41, 5.74) is 0.713. The van der Waals surface area contributed by atoms with E-state index in [1.54, 1.807) is 30.5 Å². The standard InChI is InChI=1S/C17H23FN4S.HI/c1-3-14-12-22-16(23-14)9-11-21-17(19-2)20-10-8-13-6-4-5-7-15(13)18;/h4-7,12H,3,8-11H2,1-2H3,(H2,19,20,21);1H. The Kier molecular flexibility index (Phi) is 9.85. The van der Waals surface area contributed by atoms with E-state index >= 15 is 0 Å². The van der Waals surface area contributed by atoms with Crippen molar-refractivity contribution in [3.63, 3.8) is 0 Å². The van der Waals surface area contributed by atoms with Gasteiger partial charge in [0.1, 0.15) is 5.82 Å². The van der Waals surface area contributed by atoms with Gasteiger partial charge in [0.2, 0.25) is 0 Å². The van der Waals surface area contributed by atoms with E-state index in [9.17, 15) is 4.39 Å². The van der Waals surface area contributed by atoms with Gasteiger partial charge in [-0.3, -0.25) is 4.99 Å². The number of hydrogen-bond donors (Lipinski definition) is 2. The highest BCUT2D eigenvalue weighted by Gasteiger charge is 2.03. The van der Waals surface area contributed by atoms with Crippen LogP contribution in [0, 0.1) is 5.82 Å². The first-order chi connectivity index (χ1) is 11.2. The van der Waals surface area contributed by atoms with E-state index in [1.807, 2.05) is 12.3 Å². The van der Waals surface area contributed by atoms with Gasteiger partial charge in [-0.15, -0.1) is 35.3 Å². The van der Waals surface area contributed by atoms with Crippen molar-refractivity contribution in [1.29, 1.82) is 0 Å². The Morgan fingerprint density at radius 1 is 1.21 bits per heavy atom. The number of nitrogens with one attached hydrogen (secondary N) is 2. The van der Waals surface area contributed by atoms with E-state index in [4.69, 9.17) is 0 Å². The lowest BCUT2D eigenvalue weighted by atomic mass is 10.1. The van der Waals surface area contributed by atoms with E-state index in [0.29, 0.717) is 18.5 Å². The van der Waals surface area contributed by atoms with Crippen molar-refractivity contribution in [2.75, 3.05) is 20.1 Å². The Hall–Kier alpha value is -1.22. The summed E-state index contributed by atoms with van der Waals surface area (Å²) in [7, 11) is 1.73. The first kappa shape index (κ1) is 20.8. The summed E-state index contributed by atoms with van der Waals surface area (Å²) < 4.78 is 13.5. The van der Waals surface area contributed by atoms with Gasteiger partial charge in [0.05, 0.1) is 5.01 Å². The molecule has 0 atom stereocenters. The highest BCUT2D eigenvalue weighted by atomic mass is 127. The quantitative estimate of drug-likeness (QED) is 0.377. The molecule has 132 valence electrons. The molecule has 0 fully saturated rings. The van der Waals surface area contributed by atoms with Gasteiger partial charge >= 0.3 is 0 Å². The van der Waals surface area contributed by atoms with E-state index in [2.05, 4.69) is 27.5 Å². The maximum absolute atomic E-state index is 13.5. The lowest BCUT2D eigenvalue weighted by Crippen LogP contribution is -2.39. The second-order valence-corrected chi connectivity index (χ2v) is 6.29. The summed E-state index contributed by atoms with van der Waals surface area (Å²) >= 11 is 1.76. The molecule has 0 saturated heterocycles. The minimum Gasteiger partial charge on any atom is -0.356 e. The van der Waals surface area contributed by atoms with Gasteiger partial charge in [-0.05, 0) is 24.5 Å². The lowest BCUT2D eigenvalue weighted by Gasteiger charge is -2.11. The SMILES string of the molecule is CCc1cnc(CCNC(=NC)NCCc2ccccc2F)s1.I. The first-order valence-corrected chi connectivity index (χ1v) is 8.66. The number of hydrogen-bond acceptors (Lipinski definition) is 3. The zero-order valence-electron chi connectivity index (χ0n) is 14.0. The largest absolute Gasteiger partial charge is 0.356 e. The summed E-state index contributed by atoms with van der Waals surface area (Å²) in [5.74, 6) is 0.571. The average molecular weight is 462 g/mol. The molecule has 0 bridgehead atoms. The molecule has 0 aliphatic heterocycles. The first-order valence-electron chi connectivity index (χ1n) is 7.84. The number of aryl methyl sites for hydroxylation is 1. The molecule has 0 aliphatic carbocycles. The van der Waals surface area contributed by atoms with Crippen LogP contribution >= 0.6 is 35.3 Å². The molecule has 2 aromatic rings. The van der Waals surface area contributed by atoms with Crippen LogP contribution in [0.4, 0.5) is 4.39 Å². The van der Waals surface area contributed by atoms with Gasteiger partial charge < -0.3 is 10.6 Å². The second-order valence-electron chi connectivity index (χ2n) is 5.09. The van der Waals surface area contributed by atoms with Gasteiger partial charge in [-0.25, -0.2) is 9.37 Å². The molecule has 2 N–H and O–H groups in total. The topological polar surface area (TPSA) is 49.3 Å². The number of thiazole rings is 1. The molecule has 1 heterocycles. The van der Waals surface area contributed by atoms with Crippen LogP contribution in [-0.4, -0.2) is 31.1 Å². The number of rotatable bonds is 7. The highest BCUT2D eigenvalue weighted by Crippen LogP contribution is 2.13. The Morgan fingerprint density at radius 2 is 1.92 bits per heavy atom. The third-order valence-electron chi connectivity index (χ3n) is 3.45. The van der Waals surface area contributed by atoms with Crippen LogP contribution in [0.25, 0.3) is 0 Å². The summed E-state index contributed by atoms with van der Waals surface area (Å²) in [5, 5.41) is 7.60. The minimum atomic E-state index is -0.159. The summed E-state index contributed by atoms with van der Waals surface area (Å²) in [4.78, 5) is 9.89. The van der Waals surface area contributed by atoms with Crippen LogP contribution in [0.15, 0.2) is 35.5 Å². The van der Waals surface area contributed by atoms with Crippen LogP contribution in [0.3, 0.4) is 0 Å². The van der Waals surface area contributed by atoms with Crippen LogP contribution in [-0.2, 0) is 19.3 Å². The number of nitrogens with zero attached hydrogens (tertiary/aromatic N) is 2. The molecule has 0 radical (unpaired) electrons. The van der Waals surface area contributed by atoms with Crippen LogP contribution in [0.2, 0.25) is 0 Å². The maximum atomic E-state index is 13.5. The molecule has 1 aromatic carbocycles. The van der Waals surface area contributed by atoms with Crippen LogP contribution < -0.4 is 10.6 Å². The molecule has 7 heteroatoms. The second kappa shape index (κ2) is 11.4. The fraction of sp³-hybridized carbons (Fsp3) is 0.412. The van der Waals surface area contributed by atoms with E-state index in [-0.39, 0.29) is 29.8 Å². The fourth-order valence-electron chi connectivity index (χ4n) is 2.15. The highest BCUT2D eigenvalue weighted by molar-refractivity contribution is 14.0. The average Bonchev–Trinajstić information content (AvgIpc) is 3.03. The Balaban J connectivity index is 0.00000288. The van der Waals surface area contributed by atoms with Crippen molar-refractivity contribution in [1.82, 2.24) is 15.6 Å². The van der Waals surface area contributed by atoms with E-state index in [0.717, 1.165) is 30.4 Å². The molecule has 2 rings (SSSR count). The maximum Gasteiger partial charge on any atom is 0.191 e. The Morgan fingerprint density at radius 3 is 2.54 bits per heavy atom. The van der Waals surface area contributed by atoms with Crippen molar-refractivity contribution in [3.05, 3.63) is 51.7 Å². The summed E-state index contributed by atoms with van der Waals surface area (Å²) in [6.45, 7) is 3.55. The number of halogens is 2. The lowest BCUT2D eigenvalue weighted by molar-refractivity contribution is 0.606. The fourth-order valence-corrected chi connectivity index (χ4v) is 3.01. The van der Waals surface area contributed by atoms with Crippen molar-refractivity contribution in [2.24, 2.45) is 4.99 Å². The number of benzene rings is 1. The van der Waals surface area contributed by atoms with Gasteiger partial charge in [-0.2, -0.15) is 0 Å². The van der Waals surface area contributed by atoms with Crippen molar-refractivity contribution in [3.8, 4) is 0 Å². The number of guanidine groups is 1. The zero-order valence-corrected chi connectivity index (χ0v) is 17.2. The normalized spacial score (nSPS) is 11.0. The summed E-state index contributed by atoms with van der Waals surface area (Å²) in [6, 6.07) is 6.85. The molecule has 24 heavy (non-hydrogen) atoms. The Bertz CT molecular complexity index is 645. The molecule has 0 aliphatic rings. The monoisotopic (exact) mass is 462 g/mol. The van der Waals surface area contributed by atoms with Gasteiger partial charge in [0, 0.05) is 37.6 Å². The molecule has 1 aromatic heterocycles. The molecule has 0 unspecified atom stereocenters. The van der Waals surface area contributed by atoms with Crippen molar-refractivity contribution >= 4 is 41.3 Å².